The highest BCUT2D eigenvalue weighted by molar-refractivity contribution is 5.04. The Labute approximate surface area is 105 Å². The number of hydrogen-bond acceptors (Lipinski definition) is 6. The number of H-pyrrole nitrogens is 1. The Balaban J connectivity index is 2.48. The number of alkyl halides is 1. The molecule has 4 atom stereocenters. The molecule has 1 saturated heterocycles. The lowest BCUT2D eigenvalue weighted by Gasteiger charge is -2.24. The molecule has 1 fully saturated rings. The summed E-state index contributed by atoms with van der Waals surface area (Å²) < 4.78 is 20.5. The molecule has 8 nitrogen and oxygen atoms in total. The molecule has 1 aliphatic heterocycles. The maximum atomic E-state index is 14.6. The molecule has 1 aromatic heterocycles. The van der Waals surface area contributed by atoms with Crippen LogP contribution in [0.3, 0.4) is 0 Å². The minimum atomic E-state index is -2.28. The first-order valence-electron chi connectivity index (χ1n) is 5.51. The zero-order valence-electron chi connectivity index (χ0n) is 9.95. The number of nitroso groups, excluding NO2 is 1. The fourth-order valence-corrected chi connectivity index (χ4v) is 2.15. The standard InChI is InChI=1S/C10H12FN3O5/c1-10(11)7(13-18)5(4-15)19-8(10)14-3-2-6(16)12-9(14)17/h2-3,5,7-8,15H,4H2,1H3,(H,12,16,17)/t5-,7-,8-,10-/m1/s1. The SMILES string of the molecule is C[C@@]1(F)[C@H](N=O)[C@@H](CO)O[C@H]1n1ccc(=O)[nH]c1=O. The number of aromatic nitrogens is 2. The van der Waals surface area contributed by atoms with Crippen molar-refractivity contribution < 1.29 is 14.2 Å². The topological polar surface area (TPSA) is 114 Å². The van der Waals surface area contributed by atoms with Crippen molar-refractivity contribution in [2.24, 2.45) is 5.18 Å². The van der Waals surface area contributed by atoms with Crippen LogP contribution in [0.25, 0.3) is 0 Å². The number of aliphatic hydroxyl groups is 1. The highest BCUT2D eigenvalue weighted by Crippen LogP contribution is 2.42. The predicted molar refractivity (Wildman–Crippen MR) is 61.4 cm³/mol. The van der Waals surface area contributed by atoms with E-state index in [9.17, 15) is 18.9 Å². The van der Waals surface area contributed by atoms with Crippen LogP contribution < -0.4 is 11.2 Å². The van der Waals surface area contributed by atoms with Crippen LogP contribution in [-0.2, 0) is 4.74 Å². The van der Waals surface area contributed by atoms with Crippen molar-refractivity contribution in [2.75, 3.05) is 6.61 Å². The third-order valence-corrected chi connectivity index (χ3v) is 3.11. The van der Waals surface area contributed by atoms with Gasteiger partial charge in [-0.05, 0) is 6.92 Å². The van der Waals surface area contributed by atoms with Crippen molar-refractivity contribution in [3.05, 3.63) is 38.0 Å². The number of rotatable bonds is 3. The van der Waals surface area contributed by atoms with Gasteiger partial charge in [-0.1, -0.05) is 5.18 Å². The molecule has 9 heteroatoms. The Bertz CT molecular complexity index is 595. The largest absolute Gasteiger partial charge is 0.394 e. The fraction of sp³-hybridized carbons (Fsp3) is 0.600. The molecule has 0 bridgehead atoms. The molecule has 19 heavy (non-hydrogen) atoms. The number of nitrogens with zero attached hydrogens (tertiary/aromatic N) is 2. The highest BCUT2D eigenvalue weighted by Gasteiger charge is 2.57. The fourth-order valence-electron chi connectivity index (χ4n) is 2.15. The lowest BCUT2D eigenvalue weighted by molar-refractivity contribution is -0.0610. The van der Waals surface area contributed by atoms with Gasteiger partial charge in [-0.3, -0.25) is 14.3 Å². The van der Waals surface area contributed by atoms with Crippen LogP contribution in [0.5, 0.6) is 0 Å². The summed E-state index contributed by atoms with van der Waals surface area (Å²) in [6, 6.07) is -0.419. The maximum Gasteiger partial charge on any atom is 0.330 e. The summed E-state index contributed by atoms with van der Waals surface area (Å²) in [4.78, 5) is 35.2. The van der Waals surface area contributed by atoms with E-state index in [0.29, 0.717) is 0 Å². The quantitative estimate of drug-likeness (QED) is 0.706. The Morgan fingerprint density at radius 2 is 2.32 bits per heavy atom. The van der Waals surface area contributed by atoms with E-state index in [1.54, 1.807) is 0 Å². The molecule has 2 heterocycles. The van der Waals surface area contributed by atoms with Gasteiger partial charge in [-0.2, -0.15) is 4.91 Å². The van der Waals surface area contributed by atoms with Crippen LogP contribution in [0.2, 0.25) is 0 Å². The van der Waals surface area contributed by atoms with E-state index in [0.717, 1.165) is 23.8 Å². The van der Waals surface area contributed by atoms with Gasteiger partial charge in [-0.15, -0.1) is 0 Å². The molecule has 2 N–H and O–H groups in total. The Hall–Kier alpha value is -1.87. The van der Waals surface area contributed by atoms with Gasteiger partial charge in [0.05, 0.1) is 6.61 Å². The second-order valence-corrected chi connectivity index (χ2v) is 4.43. The lowest BCUT2D eigenvalue weighted by atomic mass is 9.96. The van der Waals surface area contributed by atoms with Gasteiger partial charge in [0.25, 0.3) is 5.56 Å². The van der Waals surface area contributed by atoms with E-state index in [2.05, 4.69) is 5.18 Å². The van der Waals surface area contributed by atoms with Crippen LogP contribution in [0, 0.1) is 4.91 Å². The second-order valence-electron chi connectivity index (χ2n) is 4.43. The van der Waals surface area contributed by atoms with Crippen molar-refractivity contribution in [1.82, 2.24) is 9.55 Å². The first-order valence-corrected chi connectivity index (χ1v) is 5.51. The summed E-state index contributed by atoms with van der Waals surface area (Å²) in [5, 5.41) is 11.7. The minimum absolute atomic E-state index is 0.607. The molecule has 0 aliphatic carbocycles. The third-order valence-electron chi connectivity index (χ3n) is 3.11. The first kappa shape index (κ1) is 13.6. The Kier molecular flexibility index (Phi) is 3.33. The maximum absolute atomic E-state index is 14.6. The van der Waals surface area contributed by atoms with E-state index >= 15 is 0 Å². The molecule has 1 aliphatic rings. The molecule has 2 rings (SSSR count). The Morgan fingerprint density at radius 1 is 1.63 bits per heavy atom. The zero-order valence-corrected chi connectivity index (χ0v) is 9.95. The summed E-state index contributed by atoms with van der Waals surface area (Å²) in [5.74, 6) is 0. The molecule has 0 spiro atoms. The zero-order chi connectivity index (χ0) is 14.2. The molecular weight excluding hydrogens is 261 g/mol. The van der Waals surface area contributed by atoms with Gasteiger partial charge >= 0.3 is 5.69 Å². The van der Waals surface area contributed by atoms with Gasteiger partial charge in [0.2, 0.25) is 0 Å². The van der Waals surface area contributed by atoms with E-state index in [-0.39, 0.29) is 0 Å². The van der Waals surface area contributed by atoms with Crippen molar-refractivity contribution in [3.8, 4) is 0 Å². The Morgan fingerprint density at radius 3 is 2.79 bits per heavy atom. The summed E-state index contributed by atoms with van der Waals surface area (Å²) in [5.41, 5.74) is -3.79. The average molecular weight is 273 g/mol. The van der Waals surface area contributed by atoms with Gasteiger partial charge in [-0.25, -0.2) is 9.18 Å². The summed E-state index contributed by atoms with van der Waals surface area (Å²) in [6.45, 7) is 0.446. The molecule has 0 aromatic carbocycles. The highest BCUT2D eigenvalue weighted by atomic mass is 19.1. The molecule has 0 amide bonds. The van der Waals surface area contributed by atoms with E-state index in [1.807, 2.05) is 4.98 Å². The van der Waals surface area contributed by atoms with Crippen molar-refractivity contribution >= 4 is 0 Å². The monoisotopic (exact) mass is 273 g/mol. The predicted octanol–water partition coefficient (Wildman–Crippen LogP) is -0.711. The van der Waals surface area contributed by atoms with Gasteiger partial charge < -0.3 is 9.84 Å². The molecule has 1 aromatic rings. The third kappa shape index (κ3) is 2.10. The second kappa shape index (κ2) is 4.67. The molecule has 104 valence electrons. The lowest BCUT2D eigenvalue weighted by Crippen LogP contribution is -2.42. The van der Waals surface area contributed by atoms with E-state index < -0.39 is 41.9 Å². The van der Waals surface area contributed by atoms with Gasteiger partial charge in [0.15, 0.2) is 17.9 Å². The van der Waals surface area contributed by atoms with Crippen LogP contribution >= 0.6 is 0 Å². The van der Waals surface area contributed by atoms with Crippen LogP contribution in [-0.4, -0.2) is 39.1 Å². The minimum Gasteiger partial charge on any atom is -0.394 e. The van der Waals surface area contributed by atoms with E-state index in [4.69, 9.17) is 9.84 Å². The summed E-state index contributed by atoms with van der Waals surface area (Å²) in [6.07, 6.45) is -1.53. The number of ether oxygens (including phenoxy) is 1. The van der Waals surface area contributed by atoms with Crippen molar-refractivity contribution in [1.29, 1.82) is 0 Å². The van der Waals surface area contributed by atoms with Crippen molar-refractivity contribution in [3.63, 3.8) is 0 Å². The summed E-state index contributed by atoms with van der Waals surface area (Å²) >= 11 is 0. The molecule has 0 unspecified atom stereocenters. The number of hydrogen-bond donors (Lipinski definition) is 2. The number of aromatic amines is 1. The van der Waals surface area contributed by atoms with Crippen LogP contribution in [0.15, 0.2) is 27.0 Å². The number of aliphatic hydroxyl groups excluding tert-OH is 1. The van der Waals surface area contributed by atoms with Gasteiger partial charge in [0, 0.05) is 12.3 Å². The molecule has 0 radical (unpaired) electrons. The van der Waals surface area contributed by atoms with Crippen LogP contribution in [0.1, 0.15) is 13.2 Å². The van der Waals surface area contributed by atoms with Gasteiger partial charge in [0.1, 0.15) is 6.10 Å². The van der Waals surface area contributed by atoms with Crippen LogP contribution in [0.4, 0.5) is 4.39 Å². The summed E-state index contributed by atoms with van der Waals surface area (Å²) in [7, 11) is 0. The molecular formula is C10H12FN3O5. The van der Waals surface area contributed by atoms with Crippen molar-refractivity contribution in [2.45, 2.75) is 31.0 Å². The normalized spacial score (nSPS) is 34.4. The number of halogens is 1. The first-order chi connectivity index (χ1) is 8.91. The smallest absolute Gasteiger partial charge is 0.330 e. The van der Waals surface area contributed by atoms with E-state index in [1.165, 1.54) is 0 Å². The number of nitrogens with one attached hydrogen (secondary N) is 1. The molecule has 0 saturated carbocycles. The average Bonchev–Trinajstić information content (AvgIpc) is 2.60.